The number of nitrogens with one attached hydrogen (secondary N) is 4. The van der Waals surface area contributed by atoms with Gasteiger partial charge in [0.1, 0.15) is 62.1 Å². The van der Waals surface area contributed by atoms with Crippen molar-refractivity contribution in [2.45, 2.75) is 32.0 Å². The highest BCUT2D eigenvalue weighted by molar-refractivity contribution is 6.36. The van der Waals surface area contributed by atoms with E-state index in [1.54, 1.807) is 91.1 Å². The lowest BCUT2D eigenvalue weighted by Gasteiger charge is -2.11. The van der Waals surface area contributed by atoms with E-state index in [-0.39, 0.29) is 51.3 Å². The Morgan fingerprint density at radius 3 is 1.23 bits per heavy atom. The summed E-state index contributed by atoms with van der Waals surface area (Å²) in [5, 5.41) is 1.21. The van der Waals surface area contributed by atoms with Crippen LogP contribution in [0.1, 0.15) is 16.8 Å². The highest BCUT2D eigenvalue weighted by Gasteiger charge is 2.37. The molecule has 8 heterocycles. The van der Waals surface area contributed by atoms with Crippen molar-refractivity contribution in [1.29, 1.82) is 0 Å². The summed E-state index contributed by atoms with van der Waals surface area (Å²) in [6.45, 7) is 1.83. The molecule has 16 aromatic rings. The van der Waals surface area contributed by atoms with Crippen molar-refractivity contribution in [2.75, 3.05) is 0 Å². The van der Waals surface area contributed by atoms with Gasteiger partial charge in [-0.2, -0.15) is 26.3 Å². The smallest absolute Gasteiger partial charge is 0.453 e. The van der Waals surface area contributed by atoms with Crippen molar-refractivity contribution in [3.05, 3.63) is 297 Å². The standard InChI is InChI=1S/C21H13ClF4N2O.C20H11Cl2F3N2O2.C20H12ClF3N2O2.C20H12ClF3N2O/c1-11-19(12-2-5-14(23)6-3-12)28-20(27-11)18-9-8-17(29-18)13-4-7-15(16(22)10-13)21(24,25)26;21-11-5-6-12(14(22)9-11)15-10-26-19(27-15)18-8-7-16(28-18)13-3-1-2-4-17(13)29-20(23,24)25;21-18-17(12-6-2-1-3-7-12)25-19(26-18)16-11-10-14(27-16)13-8-4-5-9-15(13)28-20(22,23)24;21-18-17(12-6-2-1-3-7-12)25-19(26-18)16-11-10-15(27-16)13-8-4-5-9-14(13)20(22,23)24/h2-10H,1H3,(H,27,28);1-10H,(H,26,27);1-11H,(H,25,26);1-11H,(H,25,26). The number of furan rings is 4. The second-order valence-electron chi connectivity index (χ2n) is 24.0. The molecule has 0 saturated heterocycles. The van der Waals surface area contributed by atoms with Crippen LogP contribution in [0.3, 0.4) is 0 Å². The summed E-state index contributed by atoms with van der Waals surface area (Å²) in [7, 11) is 0. The second kappa shape index (κ2) is 33.0. The minimum atomic E-state index is -4.81. The van der Waals surface area contributed by atoms with Gasteiger partial charge in [-0.1, -0.05) is 167 Å². The van der Waals surface area contributed by atoms with Crippen molar-refractivity contribution in [3.8, 4) is 148 Å². The van der Waals surface area contributed by atoms with Crippen LogP contribution in [0.15, 0.2) is 267 Å². The molecule has 0 spiro atoms. The molecule has 0 radical (unpaired) electrons. The van der Waals surface area contributed by atoms with Gasteiger partial charge in [0.25, 0.3) is 0 Å². The van der Waals surface area contributed by atoms with Gasteiger partial charge < -0.3 is 47.1 Å². The van der Waals surface area contributed by atoms with Gasteiger partial charge in [0.2, 0.25) is 0 Å². The lowest BCUT2D eigenvalue weighted by atomic mass is 10.1. The Bertz CT molecular complexity index is 5980. The number of H-pyrrole nitrogens is 4. The first kappa shape index (κ1) is 79.0. The van der Waals surface area contributed by atoms with Crippen LogP contribution in [-0.2, 0) is 12.4 Å². The number of aromatic nitrogens is 8. The summed E-state index contributed by atoms with van der Waals surface area (Å²) in [5.41, 5.74) is 5.30. The third kappa shape index (κ3) is 19.1. The number of hydrogen-bond donors (Lipinski definition) is 4. The molecular formula is C81H48Cl5F13N8O6. The van der Waals surface area contributed by atoms with Crippen molar-refractivity contribution < 1.29 is 84.2 Å². The number of benzene rings is 8. The Labute approximate surface area is 655 Å². The van der Waals surface area contributed by atoms with Gasteiger partial charge in [0, 0.05) is 44.1 Å². The minimum absolute atomic E-state index is 0.0304. The number of alkyl halides is 12. The van der Waals surface area contributed by atoms with Gasteiger partial charge in [-0.25, -0.2) is 24.3 Å². The maximum absolute atomic E-state index is 13.2. The molecule has 14 nitrogen and oxygen atoms in total. The molecule has 0 bridgehead atoms. The van der Waals surface area contributed by atoms with Gasteiger partial charge in [-0.3, -0.25) is 0 Å². The second-order valence-corrected chi connectivity index (χ2v) is 26.0. The zero-order valence-electron chi connectivity index (χ0n) is 57.2. The maximum atomic E-state index is 13.2. The predicted octanol–water partition coefficient (Wildman–Crippen LogP) is 27.6. The highest BCUT2D eigenvalue weighted by Crippen LogP contribution is 2.44. The summed E-state index contributed by atoms with van der Waals surface area (Å²) < 4.78 is 198. The molecule has 113 heavy (non-hydrogen) atoms. The van der Waals surface area contributed by atoms with Crippen molar-refractivity contribution >= 4 is 58.0 Å². The summed E-state index contributed by atoms with van der Waals surface area (Å²) in [6.07, 6.45) is -17.0. The zero-order chi connectivity index (χ0) is 80.1. The molecular weight excluding hydrogens is 1610 g/mol. The van der Waals surface area contributed by atoms with Crippen LogP contribution in [-0.4, -0.2) is 52.6 Å². The summed E-state index contributed by atoms with van der Waals surface area (Å²) in [5.74, 6) is 2.78. The fourth-order valence-corrected chi connectivity index (χ4v) is 12.6. The Morgan fingerprint density at radius 2 is 0.743 bits per heavy atom. The largest absolute Gasteiger partial charge is 0.573 e. The Hall–Kier alpha value is -12.1. The Kier molecular flexibility index (Phi) is 23.1. The van der Waals surface area contributed by atoms with E-state index in [1.165, 1.54) is 84.9 Å². The summed E-state index contributed by atoms with van der Waals surface area (Å²) in [6, 6.07) is 62.5. The van der Waals surface area contributed by atoms with Gasteiger partial charge in [-0.05, 0) is 140 Å². The molecule has 0 aliphatic rings. The van der Waals surface area contributed by atoms with E-state index in [9.17, 15) is 57.1 Å². The van der Waals surface area contributed by atoms with Crippen molar-refractivity contribution in [3.63, 3.8) is 0 Å². The summed E-state index contributed by atoms with van der Waals surface area (Å²) >= 11 is 30.4. The van der Waals surface area contributed by atoms with Crippen LogP contribution >= 0.6 is 58.0 Å². The van der Waals surface area contributed by atoms with E-state index >= 15 is 0 Å². The normalized spacial score (nSPS) is 11.7. The van der Waals surface area contributed by atoms with E-state index in [0.29, 0.717) is 106 Å². The number of hydrogen-bond acceptors (Lipinski definition) is 10. The number of ether oxygens (including phenoxy) is 2. The predicted molar refractivity (Wildman–Crippen MR) is 402 cm³/mol. The fraction of sp³-hybridized carbons (Fsp3) is 0.0617. The summed E-state index contributed by atoms with van der Waals surface area (Å²) in [4.78, 5) is 29.7. The lowest BCUT2D eigenvalue weighted by molar-refractivity contribution is -0.275. The average Bonchev–Trinajstić information content (AvgIpc) is 1.67. The number of aryl methyl sites for hydroxylation is 1. The van der Waals surface area contributed by atoms with Gasteiger partial charge in [-0.15, -0.1) is 26.3 Å². The van der Waals surface area contributed by atoms with Crippen LogP contribution in [0.2, 0.25) is 25.4 Å². The zero-order valence-corrected chi connectivity index (χ0v) is 61.0. The molecule has 16 rings (SSSR count). The first-order chi connectivity index (χ1) is 53.9. The van der Waals surface area contributed by atoms with Crippen LogP contribution in [0, 0.1) is 12.7 Å². The molecule has 8 aromatic carbocycles. The third-order valence-electron chi connectivity index (χ3n) is 16.4. The van der Waals surface area contributed by atoms with E-state index in [0.717, 1.165) is 34.5 Å². The molecule has 0 fully saturated rings. The van der Waals surface area contributed by atoms with Gasteiger partial charge in [0.05, 0.1) is 49.9 Å². The Balaban J connectivity index is 0.000000132. The first-order valence-corrected chi connectivity index (χ1v) is 34.8. The quantitative estimate of drug-likeness (QED) is 0.0764. The molecule has 0 aliphatic carbocycles. The van der Waals surface area contributed by atoms with E-state index in [1.807, 2.05) is 67.6 Å². The van der Waals surface area contributed by atoms with Crippen molar-refractivity contribution in [1.82, 2.24) is 39.9 Å². The first-order valence-electron chi connectivity index (χ1n) is 33.0. The monoisotopic (exact) mass is 1650 g/mol. The van der Waals surface area contributed by atoms with Crippen LogP contribution in [0.25, 0.3) is 137 Å². The molecule has 4 N–H and O–H groups in total. The maximum Gasteiger partial charge on any atom is 0.573 e. The SMILES string of the molecule is Cc1[nH]c(-c2ccc(-c3ccc(C(F)(F)F)c(Cl)c3)o2)nc1-c1ccc(F)cc1.FC(F)(F)Oc1ccccc1-c1ccc(-c2nc(-c3ccccc3)c(Cl)[nH]2)o1.FC(F)(F)Oc1ccccc1-c1ccc(-c2ncc(-c3ccc(Cl)cc3Cl)[nH]2)o1.FC(F)(F)c1ccccc1-c1ccc(-c2nc(-c3ccccc3)c(Cl)[nH]2)o1. The molecule has 0 unspecified atom stereocenters. The molecule has 8 aromatic heterocycles. The van der Waals surface area contributed by atoms with Crippen LogP contribution < -0.4 is 9.47 Å². The van der Waals surface area contributed by atoms with Crippen LogP contribution in [0.4, 0.5) is 57.1 Å². The number of halogens is 18. The van der Waals surface area contributed by atoms with Gasteiger partial charge in [0.15, 0.2) is 46.3 Å². The number of imidazole rings is 4. The minimum Gasteiger partial charge on any atom is -0.453 e. The number of para-hydroxylation sites is 2. The topological polar surface area (TPSA) is 186 Å². The van der Waals surface area contributed by atoms with E-state index in [4.69, 9.17) is 75.7 Å². The van der Waals surface area contributed by atoms with Crippen molar-refractivity contribution in [2.24, 2.45) is 0 Å². The number of aromatic amines is 4. The lowest BCUT2D eigenvalue weighted by Crippen LogP contribution is -2.17. The highest BCUT2D eigenvalue weighted by atomic mass is 35.5. The van der Waals surface area contributed by atoms with Gasteiger partial charge >= 0.3 is 25.1 Å². The van der Waals surface area contributed by atoms with E-state index in [2.05, 4.69) is 49.3 Å². The Morgan fingerprint density at radius 1 is 0.336 bits per heavy atom. The average molecular weight is 1650 g/mol. The molecule has 0 amide bonds. The van der Waals surface area contributed by atoms with E-state index < -0.39 is 41.2 Å². The molecule has 32 heteroatoms. The molecule has 0 atom stereocenters. The number of nitrogens with zero attached hydrogens (tertiary/aromatic N) is 4. The third-order valence-corrected chi connectivity index (χ3v) is 17.8. The fourth-order valence-electron chi connectivity index (χ4n) is 11.3. The molecule has 0 aliphatic heterocycles. The molecule has 0 saturated carbocycles. The molecule has 574 valence electrons. The van der Waals surface area contributed by atoms with Crippen LogP contribution in [0.5, 0.6) is 11.5 Å². The number of rotatable bonds is 14.